The van der Waals surface area contributed by atoms with Crippen molar-refractivity contribution in [3.05, 3.63) is 64.1 Å². The molecule has 0 aromatic heterocycles. The maximum atomic E-state index is 13.7. The van der Waals surface area contributed by atoms with Crippen LogP contribution in [0.3, 0.4) is 0 Å². The smallest absolute Gasteiger partial charge is 0.244 e. The molecule has 0 radical (unpaired) electrons. The summed E-state index contributed by atoms with van der Waals surface area (Å²) in [6.45, 7) is 3.46. The number of hydrogen-bond donors (Lipinski definition) is 1. The number of carbonyl (C=O) groups excluding carboxylic acids is 2. The van der Waals surface area contributed by atoms with E-state index in [0.717, 1.165) is 47.4 Å². The Bertz CT molecular complexity index is 1150. The van der Waals surface area contributed by atoms with Gasteiger partial charge in [-0.2, -0.15) is 0 Å². The van der Waals surface area contributed by atoms with Crippen LogP contribution in [-0.2, 0) is 26.2 Å². The molecular formula is C26H34BrN3O4S. The normalized spacial score (nSPS) is 15.3. The van der Waals surface area contributed by atoms with Gasteiger partial charge in [-0.25, -0.2) is 8.42 Å². The lowest BCUT2D eigenvalue weighted by atomic mass is 9.95. The molecule has 3 rings (SSSR count). The molecule has 1 atom stereocenters. The van der Waals surface area contributed by atoms with E-state index in [0.29, 0.717) is 10.2 Å². The van der Waals surface area contributed by atoms with Crippen molar-refractivity contribution >= 4 is 43.5 Å². The van der Waals surface area contributed by atoms with E-state index in [1.807, 2.05) is 31.2 Å². The predicted octanol–water partition coefficient (Wildman–Crippen LogP) is 4.39. The molecule has 7 nitrogen and oxygen atoms in total. The predicted molar refractivity (Wildman–Crippen MR) is 143 cm³/mol. The zero-order chi connectivity index (χ0) is 25.6. The highest BCUT2D eigenvalue weighted by Gasteiger charge is 2.31. The van der Waals surface area contributed by atoms with E-state index >= 15 is 0 Å². The SMILES string of the molecule is Cc1ccccc1CN(C(=O)CN(c1ccccc1Br)S(C)(=O)=O)[C@@H](C)C(=O)NC1CCCCC1. The number of nitrogens with zero attached hydrogens (tertiary/aromatic N) is 2. The highest BCUT2D eigenvalue weighted by Crippen LogP contribution is 2.28. The lowest BCUT2D eigenvalue weighted by Gasteiger charge is -2.33. The molecule has 1 saturated carbocycles. The summed E-state index contributed by atoms with van der Waals surface area (Å²) >= 11 is 3.39. The number of hydrogen-bond acceptors (Lipinski definition) is 4. The molecule has 2 aromatic rings. The van der Waals surface area contributed by atoms with Gasteiger partial charge in [0.1, 0.15) is 12.6 Å². The Morgan fingerprint density at radius 2 is 1.69 bits per heavy atom. The van der Waals surface area contributed by atoms with Crippen molar-refractivity contribution in [2.45, 2.75) is 64.6 Å². The first kappa shape index (κ1) is 27.2. The summed E-state index contributed by atoms with van der Waals surface area (Å²) in [5, 5.41) is 3.11. The quantitative estimate of drug-likeness (QED) is 0.490. The fraction of sp³-hybridized carbons (Fsp3) is 0.462. The van der Waals surface area contributed by atoms with Crippen LogP contribution in [0.4, 0.5) is 5.69 Å². The minimum atomic E-state index is -3.76. The van der Waals surface area contributed by atoms with Gasteiger partial charge >= 0.3 is 0 Å². The van der Waals surface area contributed by atoms with Gasteiger partial charge in [-0.15, -0.1) is 0 Å². The summed E-state index contributed by atoms with van der Waals surface area (Å²) in [7, 11) is -3.76. The van der Waals surface area contributed by atoms with Crippen molar-refractivity contribution in [2.24, 2.45) is 0 Å². The summed E-state index contributed by atoms with van der Waals surface area (Å²) in [5.74, 6) is -0.661. The molecule has 2 aromatic carbocycles. The third-order valence-corrected chi connectivity index (χ3v) is 8.32. The minimum absolute atomic E-state index is 0.113. The number of carbonyl (C=O) groups is 2. The standard InChI is InChI=1S/C26H34BrN3O4S/c1-19-11-7-8-12-21(19)17-29(20(2)26(32)28-22-13-5-4-6-14-22)25(31)18-30(35(3,33)34)24-16-10-9-15-23(24)27/h7-12,15-16,20,22H,4-6,13-14,17-18H2,1-3H3,(H,28,32)/t20-/m0/s1. The Kier molecular flexibility index (Phi) is 9.35. The molecule has 0 aliphatic heterocycles. The average Bonchev–Trinajstić information content (AvgIpc) is 2.82. The zero-order valence-electron chi connectivity index (χ0n) is 20.5. The van der Waals surface area contributed by atoms with Gasteiger partial charge in [-0.3, -0.25) is 13.9 Å². The second-order valence-electron chi connectivity index (χ2n) is 9.19. The Hall–Kier alpha value is -2.39. The third-order valence-electron chi connectivity index (χ3n) is 6.52. The second-order valence-corrected chi connectivity index (χ2v) is 11.9. The molecule has 9 heteroatoms. The van der Waals surface area contributed by atoms with Crippen molar-refractivity contribution in [1.29, 1.82) is 0 Å². The summed E-state index contributed by atoms with van der Waals surface area (Å²) in [6, 6.07) is 13.9. The van der Waals surface area contributed by atoms with E-state index in [9.17, 15) is 18.0 Å². The number of benzene rings is 2. The van der Waals surface area contributed by atoms with Gasteiger partial charge in [0.05, 0.1) is 11.9 Å². The highest BCUT2D eigenvalue weighted by atomic mass is 79.9. The molecule has 0 saturated heterocycles. The lowest BCUT2D eigenvalue weighted by molar-refractivity contribution is -0.139. The highest BCUT2D eigenvalue weighted by molar-refractivity contribution is 9.10. The van der Waals surface area contributed by atoms with Gasteiger partial charge in [-0.05, 0) is 65.9 Å². The Morgan fingerprint density at radius 1 is 1.06 bits per heavy atom. The first-order valence-electron chi connectivity index (χ1n) is 11.9. The number of rotatable bonds is 9. The number of para-hydroxylation sites is 1. The average molecular weight is 565 g/mol. The summed E-state index contributed by atoms with van der Waals surface area (Å²) in [4.78, 5) is 28.3. The number of halogens is 1. The molecule has 1 fully saturated rings. The van der Waals surface area contributed by atoms with Gasteiger partial charge < -0.3 is 10.2 Å². The molecule has 190 valence electrons. The van der Waals surface area contributed by atoms with Crippen LogP contribution < -0.4 is 9.62 Å². The van der Waals surface area contributed by atoms with E-state index in [2.05, 4.69) is 21.2 Å². The molecule has 1 aliphatic carbocycles. The van der Waals surface area contributed by atoms with Gasteiger partial charge in [0.2, 0.25) is 21.8 Å². The lowest BCUT2D eigenvalue weighted by Crippen LogP contribution is -2.53. The topological polar surface area (TPSA) is 86.8 Å². The molecule has 2 amide bonds. The van der Waals surface area contributed by atoms with E-state index < -0.39 is 28.5 Å². The van der Waals surface area contributed by atoms with Crippen molar-refractivity contribution in [3.63, 3.8) is 0 Å². The van der Waals surface area contributed by atoms with E-state index in [1.54, 1.807) is 31.2 Å². The maximum absolute atomic E-state index is 13.7. The molecule has 0 spiro atoms. The summed E-state index contributed by atoms with van der Waals surface area (Å²) in [6.07, 6.45) is 6.30. The van der Waals surface area contributed by atoms with E-state index in [1.165, 1.54) is 11.3 Å². The summed E-state index contributed by atoms with van der Waals surface area (Å²) in [5.41, 5.74) is 2.28. The van der Waals surface area contributed by atoms with E-state index in [4.69, 9.17) is 0 Å². The van der Waals surface area contributed by atoms with Gasteiger partial charge in [0, 0.05) is 17.1 Å². The van der Waals surface area contributed by atoms with Crippen molar-refractivity contribution in [3.8, 4) is 0 Å². The van der Waals surface area contributed by atoms with Crippen LogP contribution in [-0.4, -0.2) is 50.0 Å². The molecule has 0 unspecified atom stereocenters. The minimum Gasteiger partial charge on any atom is -0.352 e. The number of amides is 2. The third kappa shape index (κ3) is 7.30. The largest absolute Gasteiger partial charge is 0.352 e. The van der Waals surface area contributed by atoms with Crippen LogP contribution in [0.5, 0.6) is 0 Å². The van der Waals surface area contributed by atoms with Crippen molar-refractivity contribution in [1.82, 2.24) is 10.2 Å². The van der Waals surface area contributed by atoms with Gasteiger partial charge in [-0.1, -0.05) is 55.7 Å². The maximum Gasteiger partial charge on any atom is 0.244 e. The monoisotopic (exact) mass is 563 g/mol. The van der Waals surface area contributed by atoms with Crippen LogP contribution in [0.25, 0.3) is 0 Å². The number of aryl methyl sites for hydroxylation is 1. The zero-order valence-corrected chi connectivity index (χ0v) is 22.9. The Balaban J connectivity index is 1.89. The first-order valence-corrected chi connectivity index (χ1v) is 14.6. The fourth-order valence-corrected chi connectivity index (χ4v) is 5.85. The molecule has 0 bridgehead atoms. The van der Waals surface area contributed by atoms with E-state index in [-0.39, 0.29) is 18.5 Å². The first-order chi connectivity index (χ1) is 16.6. The van der Waals surface area contributed by atoms with Crippen LogP contribution in [0.2, 0.25) is 0 Å². The fourth-order valence-electron chi connectivity index (χ4n) is 4.37. The van der Waals surface area contributed by atoms with Gasteiger partial charge in [0.25, 0.3) is 0 Å². The van der Waals surface area contributed by atoms with Crippen molar-refractivity contribution < 1.29 is 18.0 Å². The van der Waals surface area contributed by atoms with Crippen LogP contribution in [0.15, 0.2) is 53.0 Å². The molecule has 1 aliphatic rings. The molecule has 35 heavy (non-hydrogen) atoms. The molecular weight excluding hydrogens is 530 g/mol. The summed E-state index contributed by atoms with van der Waals surface area (Å²) < 4.78 is 27.0. The second kappa shape index (κ2) is 12.0. The molecule has 1 N–H and O–H groups in total. The van der Waals surface area contributed by atoms with Crippen molar-refractivity contribution in [2.75, 3.05) is 17.1 Å². The van der Waals surface area contributed by atoms with Crippen LogP contribution >= 0.6 is 15.9 Å². The number of anilines is 1. The van der Waals surface area contributed by atoms with Crippen LogP contribution in [0, 0.1) is 6.92 Å². The Morgan fingerprint density at radius 3 is 2.31 bits per heavy atom. The van der Waals surface area contributed by atoms with Gasteiger partial charge in [0.15, 0.2) is 0 Å². The molecule has 0 heterocycles. The van der Waals surface area contributed by atoms with Crippen LogP contribution in [0.1, 0.15) is 50.2 Å². The number of nitrogens with one attached hydrogen (secondary N) is 1. The Labute approximate surface area is 217 Å². The number of sulfonamides is 1.